The van der Waals surface area contributed by atoms with Crippen LogP contribution in [0.4, 0.5) is 5.69 Å². The summed E-state index contributed by atoms with van der Waals surface area (Å²) < 4.78 is 16.1. The maximum absolute atomic E-state index is 13.1. The molecule has 0 atom stereocenters. The number of pyridine rings is 1. The lowest BCUT2D eigenvalue weighted by molar-refractivity contribution is 0.0976. The van der Waals surface area contributed by atoms with Crippen LogP contribution in [0.15, 0.2) is 65.9 Å². The van der Waals surface area contributed by atoms with Gasteiger partial charge in [0.1, 0.15) is 0 Å². The molecule has 2 N–H and O–H groups in total. The second kappa shape index (κ2) is 11.5. The number of nitrogens with zero attached hydrogens (tertiary/aromatic N) is 2. The van der Waals surface area contributed by atoms with Gasteiger partial charge in [0.2, 0.25) is 11.7 Å². The number of anilines is 1. The number of guanidine groups is 1. The van der Waals surface area contributed by atoms with E-state index >= 15 is 0 Å². The van der Waals surface area contributed by atoms with Crippen LogP contribution in [0.25, 0.3) is 0 Å². The first-order valence-corrected chi connectivity index (χ1v) is 10.5. The molecule has 8 heteroatoms. The molecule has 0 aliphatic rings. The summed E-state index contributed by atoms with van der Waals surface area (Å²) in [6.07, 6.45) is 4.31. The summed E-state index contributed by atoms with van der Waals surface area (Å²) in [4.78, 5) is 21.7. The van der Waals surface area contributed by atoms with E-state index in [0.717, 1.165) is 17.7 Å². The average molecular weight is 449 g/mol. The minimum absolute atomic E-state index is 0.318. The summed E-state index contributed by atoms with van der Waals surface area (Å²) in [6.45, 7) is 2.46. The van der Waals surface area contributed by atoms with Crippen molar-refractivity contribution in [2.24, 2.45) is 4.99 Å². The Balaban J connectivity index is 1.89. The van der Waals surface area contributed by atoms with Gasteiger partial charge in [0.05, 0.1) is 27.9 Å². The molecule has 1 heterocycles. The number of amides is 1. The number of benzene rings is 2. The number of aliphatic imine (C=N–C) groups is 1. The highest BCUT2D eigenvalue weighted by Crippen LogP contribution is 2.38. The van der Waals surface area contributed by atoms with E-state index in [1.165, 1.54) is 26.9 Å². The number of aromatic nitrogens is 1. The van der Waals surface area contributed by atoms with Gasteiger partial charge in [-0.05, 0) is 53.9 Å². The molecular weight excluding hydrogens is 420 g/mol. The first-order chi connectivity index (χ1) is 16.1. The number of carbonyl (C=O) groups excluding carboxylic acids is 1. The Morgan fingerprint density at radius 3 is 2.24 bits per heavy atom. The van der Waals surface area contributed by atoms with E-state index in [0.29, 0.717) is 35.3 Å². The zero-order valence-electron chi connectivity index (χ0n) is 19.2. The fourth-order valence-corrected chi connectivity index (χ4v) is 3.17. The second-order valence-corrected chi connectivity index (χ2v) is 7.07. The summed E-state index contributed by atoms with van der Waals surface area (Å²) in [7, 11) is 4.52. The topological polar surface area (TPSA) is 94.1 Å². The van der Waals surface area contributed by atoms with Crippen molar-refractivity contribution in [3.8, 4) is 17.2 Å². The van der Waals surface area contributed by atoms with E-state index in [9.17, 15) is 4.79 Å². The van der Waals surface area contributed by atoms with Crippen molar-refractivity contribution in [2.75, 3.05) is 26.6 Å². The van der Waals surface area contributed by atoms with Gasteiger partial charge in [-0.2, -0.15) is 0 Å². The minimum atomic E-state index is -0.373. The van der Waals surface area contributed by atoms with Crippen LogP contribution in [-0.2, 0) is 13.0 Å². The average Bonchev–Trinajstić information content (AvgIpc) is 2.86. The van der Waals surface area contributed by atoms with Gasteiger partial charge in [-0.15, -0.1) is 0 Å². The van der Waals surface area contributed by atoms with Crippen molar-refractivity contribution >= 4 is 17.6 Å². The third-order valence-corrected chi connectivity index (χ3v) is 4.93. The van der Waals surface area contributed by atoms with Crippen molar-refractivity contribution in [1.82, 2.24) is 10.3 Å². The van der Waals surface area contributed by atoms with E-state index in [-0.39, 0.29) is 5.91 Å². The smallest absolute Gasteiger partial charge is 0.258 e. The van der Waals surface area contributed by atoms with Gasteiger partial charge < -0.3 is 19.5 Å². The van der Waals surface area contributed by atoms with Gasteiger partial charge in [0, 0.05) is 23.6 Å². The van der Waals surface area contributed by atoms with Gasteiger partial charge in [-0.1, -0.05) is 19.1 Å². The Bertz CT molecular complexity index is 1090. The fraction of sp³-hybridized carbons (Fsp3) is 0.240. The molecule has 172 valence electrons. The van der Waals surface area contributed by atoms with Crippen molar-refractivity contribution < 1.29 is 19.0 Å². The number of ether oxygens (including phenoxy) is 3. The monoisotopic (exact) mass is 448 g/mol. The zero-order valence-corrected chi connectivity index (χ0v) is 19.2. The summed E-state index contributed by atoms with van der Waals surface area (Å²) in [5.41, 5.74) is 3.30. The molecule has 0 bridgehead atoms. The SMILES string of the molecule is CCc1cccc(NC(=NCc2ccncc2)NC(=O)c2cc(OC)c(OC)c(OC)c2)c1. The third kappa shape index (κ3) is 6.22. The molecule has 0 saturated heterocycles. The lowest BCUT2D eigenvalue weighted by atomic mass is 10.1. The van der Waals surface area contributed by atoms with Gasteiger partial charge in [-0.3, -0.25) is 15.1 Å². The molecule has 33 heavy (non-hydrogen) atoms. The third-order valence-electron chi connectivity index (χ3n) is 4.93. The van der Waals surface area contributed by atoms with Crippen LogP contribution in [0, 0.1) is 0 Å². The predicted octanol–water partition coefficient (Wildman–Crippen LogP) is 4.07. The maximum atomic E-state index is 13.1. The normalized spacial score (nSPS) is 11.0. The molecule has 0 aliphatic carbocycles. The van der Waals surface area contributed by atoms with Gasteiger partial charge >= 0.3 is 0 Å². The van der Waals surface area contributed by atoms with Crippen LogP contribution in [0.3, 0.4) is 0 Å². The predicted molar refractivity (Wildman–Crippen MR) is 128 cm³/mol. The molecule has 1 aromatic heterocycles. The number of methoxy groups -OCH3 is 3. The lowest BCUT2D eigenvalue weighted by Crippen LogP contribution is -2.36. The molecule has 0 saturated carbocycles. The molecule has 3 rings (SSSR count). The van der Waals surface area contributed by atoms with Crippen LogP contribution in [0.5, 0.6) is 17.2 Å². The van der Waals surface area contributed by atoms with Crippen LogP contribution in [0.1, 0.15) is 28.4 Å². The van der Waals surface area contributed by atoms with Crippen molar-refractivity contribution in [3.05, 3.63) is 77.6 Å². The highest BCUT2D eigenvalue weighted by atomic mass is 16.5. The highest BCUT2D eigenvalue weighted by Gasteiger charge is 2.18. The molecule has 0 unspecified atom stereocenters. The molecule has 1 amide bonds. The Kier molecular flexibility index (Phi) is 8.24. The zero-order chi connectivity index (χ0) is 23.6. The molecule has 0 aliphatic heterocycles. The summed E-state index contributed by atoms with van der Waals surface area (Å²) >= 11 is 0. The summed E-state index contributed by atoms with van der Waals surface area (Å²) in [5.74, 6) is 1.14. The summed E-state index contributed by atoms with van der Waals surface area (Å²) in [5, 5.41) is 6.08. The largest absolute Gasteiger partial charge is 0.493 e. The van der Waals surface area contributed by atoms with Crippen LogP contribution in [-0.4, -0.2) is 38.2 Å². The number of carbonyl (C=O) groups is 1. The van der Waals surface area contributed by atoms with Crippen LogP contribution < -0.4 is 24.8 Å². The lowest BCUT2D eigenvalue weighted by Gasteiger charge is -2.15. The molecule has 0 fully saturated rings. The number of hydrogen-bond donors (Lipinski definition) is 2. The number of nitrogens with one attached hydrogen (secondary N) is 2. The quantitative estimate of drug-likeness (QED) is 0.399. The van der Waals surface area contributed by atoms with Crippen molar-refractivity contribution in [1.29, 1.82) is 0 Å². The number of rotatable bonds is 8. The molecule has 3 aromatic rings. The molecule has 2 aromatic carbocycles. The first kappa shape index (κ1) is 23.6. The fourth-order valence-electron chi connectivity index (χ4n) is 3.17. The first-order valence-electron chi connectivity index (χ1n) is 10.5. The summed E-state index contributed by atoms with van der Waals surface area (Å²) in [6, 6.07) is 14.9. The van der Waals surface area contributed by atoms with Crippen molar-refractivity contribution in [3.63, 3.8) is 0 Å². The maximum Gasteiger partial charge on any atom is 0.258 e. The highest BCUT2D eigenvalue weighted by molar-refractivity contribution is 6.10. The van der Waals surface area contributed by atoms with Crippen LogP contribution >= 0.6 is 0 Å². The van der Waals surface area contributed by atoms with Crippen LogP contribution in [0.2, 0.25) is 0 Å². The van der Waals surface area contributed by atoms with E-state index in [1.807, 2.05) is 36.4 Å². The Morgan fingerprint density at radius 1 is 0.939 bits per heavy atom. The standard InChI is InChI=1S/C25H28N4O4/c1-5-17-7-6-8-20(13-17)28-25(27-16-18-9-11-26-12-10-18)29-24(30)19-14-21(31-2)23(33-4)22(15-19)32-3/h6-15H,5,16H2,1-4H3,(H2,27,28,29,30). The Labute approximate surface area is 193 Å². The van der Waals surface area contributed by atoms with E-state index in [1.54, 1.807) is 24.5 Å². The molecule has 8 nitrogen and oxygen atoms in total. The van der Waals surface area contributed by atoms with Gasteiger partial charge in [-0.25, -0.2) is 4.99 Å². The van der Waals surface area contributed by atoms with E-state index in [2.05, 4.69) is 27.5 Å². The molecule has 0 spiro atoms. The molecular formula is C25H28N4O4. The van der Waals surface area contributed by atoms with E-state index in [4.69, 9.17) is 14.2 Å². The van der Waals surface area contributed by atoms with Gasteiger partial charge in [0.25, 0.3) is 5.91 Å². The minimum Gasteiger partial charge on any atom is -0.493 e. The number of hydrogen-bond acceptors (Lipinski definition) is 6. The van der Waals surface area contributed by atoms with E-state index < -0.39 is 0 Å². The molecule has 0 radical (unpaired) electrons. The second-order valence-electron chi connectivity index (χ2n) is 7.07. The Morgan fingerprint density at radius 2 is 1.64 bits per heavy atom. The Hall–Kier alpha value is -4.07. The number of aryl methyl sites for hydroxylation is 1. The van der Waals surface area contributed by atoms with Gasteiger partial charge in [0.15, 0.2) is 11.5 Å². The van der Waals surface area contributed by atoms with Crippen molar-refractivity contribution in [2.45, 2.75) is 19.9 Å².